The van der Waals surface area contributed by atoms with Gasteiger partial charge in [0.1, 0.15) is 0 Å². The molecule has 0 N–H and O–H groups in total. The molecule has 0 atom stereocenters. The largest absolute Gasteiger partial charge is 1.00 e. The molecule has 2 rings (SSSR count). The van der Waals surface area contributed by atoms with Crippen LogP contribution in [0.2, 0.25) is 0 Å². The number of carbonyl (C=O) groups is 1. The highest BCUT2D eigenvalue weighted by Crippen LogP contribution is 2.09. The van der Waals surface area contributed by atoms with E-state index in [0.29, 0.717) is 0 Å². The molecular formula is C15H17ClN2O. The summed E-state index contributed by atoms with van der Waals surface area (Å²) >= 11 is 0. The fraction of sp³-hybridized carbons (Fsp3) is 0.200. The first-order valence-electron chi connectivity index (χ1n) is 5.88. The highest BCUT2D eigenvalue weighted by Gasteiger charge is 2.18. The van der Waals surface area contributed by atoms with E-state index in [4.69, 9.17) is 0 Å². The monoisotopic (exact) mass is 276 g/mol. The van der Waals surface area contributed by atoms with Crippen molar-refractivity contribution in [3.8, 4) is 0 Å². The number of aryl methyl sites for hydroxylation is 1. The molecule has 0 unspecified atom stereocenters. The molecule has 19 heavy (non-hydrogen) atoms. The summed E-state index contributed by atoms with van der Waals surface area (Å²) in [5.74, 6) is -0.00148. The topological polar surface area (TPSA) is 24.2 Å². The predicted molar refractivity (Wildman–Crippen MR) is 71.9 cm³/mol. The van der Waals surface area contributed by atoms with Crippen molar-refractivity contribution in [1.82, 2.24) is 0 Å². The molecule has 0 amide bonds. The van der Waals surface area contributed by atoms with Gasteiger partial charge in [-0.05, 0) is 18.6 Å². The lowest BCUT2D eigenvalue weighted by molar-refractivity contribution is -0.570. The van der Waals surface area contributed by atoms with Gasteiger partial charge in [0.25, 0.3) is 0 Å². The van der Waals surface area contributed by atoms with Gasteiger partial charge < -0.3 is 17.3 Å². The molecule has 3 nitrogen and oxygen atoms in total. The van der Waals surface area contributed by atoms with E-state index >= 15 is 0 Å². The maximum absolute atomic E-state index is 12.3. The molecular weight excluding hydrogens is 260 g/mol. The second-order valence-electron chi connectivity index (χ2n) is 4.48. The van der Waals surface area contributed by atoms with Gasteiger partial charge in [-0.15, -0.1) is 4.57 Å². The zero-order valence-electron chi connectivity index (χ0n) is 11.3. The van der Waals surface area contributed by atoms with Gasteiger partial charge in [0.15, 0.2) is 12.4 Å². The van der Waals surface area contributed by atoms with Crippen molar-refractivity contribution in [3.63, 3.8) is 0 Å². The number of rotatable bonds is 2. The van der Waals surface area contributed by atoms with Crippen LogP contribution in [-0.2, 0) is 0 Å². The Morgan fingerprint density at radius 1 is 1.05 bits per heavy atom. The smallest absolute Gasteiger partial charge is 0.424 e. The number of halogens is 1. The molecule has 1 aromatic carbocycles. The van der Waals surface area contributed by atoms with E-state index in [1.165, 1.54) is 0 Å². The summed E-state index contributed by atoms with van der Waals surface area (Å²) < 4.78 is 1.61. The van der Waals surface area contributed by atoms with Gasteiger partial charge in [-0.25, -0.2) is 4.79 Å². The molecule has 0 aliphatic carbocycles. The number of nitrogens with zero attached hydrogens (tertiary/aromatic N) is 2. The molecule has 0 saturated heterocycles. The van der Waals surface area contributed by atoms with Crippen LogP contribution in [0.15, 0.2) is 48.8 Å². The molecule has 1 heterocycles. The molecule has 0 fully saturated rings. The number of carbonyl (C=O) groups excluding carboxylic acids is 1. The Balaban J connectivity index is 0.00000180. The van der Waals surface area contributed by atoms with E-state index in [2.05, 4.69) is 0 Å². The summed E-state index contributed by atoms with van der Waals surface area (Å²) in [7, 11) is 3.95. The molecule has 0 bridgehead atoms. The second kappa shape index (κ2) is 6.34. The average Bonchev–Trinajstić information content (AvgIpc) is 2.38. The normalized spacial score (nSPS) is 9.63. The number of benzene rings is 1. The summed E-state index contributed by atoms with van der Waals surface area (Å²) in [4.78, 5) is 14.3. The number of hydrogen-bond donors (Lipinski definition) is 0. The summed E-state index contributed by atoms with van der Waals surface area (Å²) in [6.45, 7) is 1.95. The van der Waals surface area contributed by atoms with E-state index < -0.39 is 0 Å². The fourth-order valence-electron chi connectivity index (χ4n) is 1.80. The van der Waals surface area contributed by atoms with Crippen LogP contribution >= 0.6 is 0 Å². The fourth-order valence-corrected chi connectivity index (χ4v) is 1.80. The second-order valence-corrected chi connectivity index (χ2v) is 4.48. The highest BCUT2D eigenvalue weighted by molar-refractivity contribution is 5.88. The zero-order chi connectivity index (χ0) is 13.1. The lowest BCUT2D eigenvalue weighted by Crippen LogP contribution is -3.00. The first kappa shape index (κ1) is 15.2. The Labute approximate surface area is 119 Å². The van der Waals surface area contributed by atoms with E-state index in [1.807, 2.05) is 62.3 Å². The lowest BCUT2D eigenvalue weighted by atomic mass is 10.1. The first-order chi connectivity index (χ1) is 8.59. The van der Waals surface area contributed by atoms with E-state index in [9.17, 15) is 4.79 Å². The maximum atomic E-state index is 12.3. The van der Waals surface area contributed by atoms with Gasteiger partial charge in [0.2, 0.25) is 0 Å². The van der Waals surface area contributed by atoms with Crippen molar-refractivity contribution < 1.29 is 21.8 Å². The van der Waals surface area contributed by atoms with Crippen molar-refractivity contribution in [1.29, 1.82) is 0 Å². The third-order valence-corrected chi connectivity index (χ3v) is 2.94. The van der Waals surface area contributed by atoms with Crippen LogP contribution in [0, 0.1) is 6.92 Å². The number of pyridine rings is 1. The van der Waals surface area contributed by atoms with Gasteiger partial charge in [-0.1, -0.05) is 18.2 Å². The van der Waals surface area contributed by atoms with Crippen LogP contribution in [0.4, 0.5) is 5.69 Å². The number of hydrogen-bond acceptors (Lipinski definition) is 2. The standard InChI is InChI=1S/C15H17N2O.ClH/c1-12-6-4-5-7-14(12)15(18)17-10-8-13(9-11-17)16(2)3;/h4-11H,1-3H3;1H/q+1;/p-1. The maximum Gasteiger partial charge on any atom is 0.424 e. The molecule has 0 radical (unpaired) electrons. The molecule has 0 aliphatic heterocycles. The van der Waals surface area contributed by atoms with E-state index in [-0.39, 0.29) is 18.3 Å². The van der Waals surface area contributed by atoms with Crippen molar-refractivity contribution in [3.05, 3.63) is 59.9 Å². The Bertz CT molecular complexity index is 565. The number of aromatic nitrogens is 1. The quantitative estimate of drug-likeness (QED) is 0.660. The van der Waals surface area contributed by atoms with Crippen LogP contribution in [0.5, 0.6) is 0 Å². The first-order valence-corrected chi connectivity index (χ1v) is 5.88. The van der Waals surface area contributed by atoms with Gasteiger partial charge in [0, 0.05) is 31.9 Å². The Hall–Kier alpha value is -1.87. The summed E-state index contributed by atoms with van der Waals surface area (Å²) in [5, 5.41) is 0. The zero-order valence-corrected chi connectivity index (χ0v) is 12.1. The third-order valence-electron chi connectivity index (χ3n) is 2.94. The van der Waals surface area contributed by atoms with Gasteiger partial charge in [0.05, 0.1) is 5.56 Å². The van der Waals surface area contributed by atoms with Crippen LogP contribution in [0.1, 0.15) is 15.9 Å². The lowest BCUT2D eigenvalue weighted by Gasteiger charge is -2.10. The molecule has 0 spiro atoms. The molecule has 2 aromatic rings. The van der Waals surface area contributed by atoms with Gasteiger partial charge >= 0.3 is 5.91 Å². The third kappa shape index (κ3) is 3.32. The van der Waals surface area contributed by atoms with Gasteiger partial charge in [-0.3, -0.25) is 0 Å². The van der Waals surface area contributed by atoms with Crippen LogP contribution in [-0.4, -0.2) is 20.0 Å². The average molecular weight is 277 g/mol. The van der Waals surface area contributed by atoms with Crippen molar-refractivity contribution in [2.45, 2.75) is 6.92 Å². The van der Waals surface area contributed by atoms with E-state index in [0.717, 1.165) is 16.8 Å². The predicted octanol–water partition coefficient (Wildman–Crippen LogP) is -0.959. The van der Waals surface area contributed by atoms with Crippen LogP contribution < -0.4 is 21.9 Å². The minimum Gasteiger partial charge on any atom is -1.00 e. The van der Waals surface area contributed by atoms with Gasteiger partial charge in [-0.2, -0.15) is 0 Å². The highest BCUT2D eigenvalue weighted by atomic mass is 35.5. The minimum absolute atomic E-state index is 0. The summed E-state index contributed by atoms with van der Waals surface area (Å²) in [5.41, 5.74) is 2.80. The Morgan fingerprint density at radius 2 is 1.63 bits per heavy atom. The molecule has 100 valence electrons. The summed E-state index contributed by atoms with van der Waals surface area (Å²) in [6, 6.07) is 11.5. The Kier molecular flexibility index (Phi) is 5.07. The van der Waals surface area contributed by atoms with Crippen LogP contribution in [0.3, 0.4) is 0 Å². The number of anilines is 1. The van der Waals surface area contributed by atoms with Crippen molar-refractivity contribution in [2.24, 2.45) is 0 Å². The molecule has 0 saturated carbocycles. The molecule has 0 aliphatic rings. The van der Waals surface area contributed by atoms with Crippen molar-refractivity contribution in [2.75, 3.05) is 19.0 Å². The molecule has 4 heteroatoms. The van der Waals surface area contributed by atoms with Crippen LogP contribution in [0.25, 0.3) is 0 Å². The SMILES string of the molecule is Cc1ccccc1C(=O)[n+]1ccc(N(C)C)cc1.[Cl-]. The molecule has 1 aromatic heterocycles. The Morgan fingerprint density at radius 3 is 2.16 bits per heavy atom. The minimum atomic E-state index is -0.00148. The van der Waals surface area contributed by atoms with E-state index in [1.54, 1.807) is 17.0 Å². The summed E-state index contributed by atoms with van der Waals surface area (Å²) in [6.07, 6.45) is 3.59. The van der Waals surface area contributed by atoms with Crippen molar-refractivity contribution >= 4 is 11.6 Å².